The molecule has 0 aliphatic heterocycles. The maximum atomic E-state index is 2.41. The van der Waals surface area contributed by atoms with Crippen LogP contribution in [0.1, 0.15) is 40.5 Å². The molecule has 0 saturated heterocycles. The molecule has 0 spiro atoms. The number of rotatable bonds is 1. The summed E-state index contributed by atoms with van der Waals surface area (Å²) in [6.07, 6.45) is 16.0. The summed E-state index contributed by atoms with van der Waals surface area (Å²) in [4.78, 5) is 0. The second-order valence-electron chi connectivity index (χ2n) is 5.58. The zero-order valence-electron chi connectivity index (χ0n) is 11.4. The first-order chi connectivity index (χ1) is 8.02. The third-order valence-corrected chi connectivity index (χ3v) is 3.67. The highest BCUT2D eigenvalue weighted by Gasteiger charge is 2.26. The molecule has 0 aromatic heterocycles. The van der Waals surface area contributed by atoms with E-state index in [9.17, 15) is 0 Å². The van der Waals surface area contributed by atoms with E-state index in [1.54, 1.807) is 0 Å². The van der Waals surface area contributed by atoms with Gasteiger partial charge in [0.25, 0.3) is 0 Å². The van der Waals surface area contributed by atoms with E-state index in [0.29, 0.717) is 0 Å². The van der Waals surface area contributed by atoms with Crippen LogP contribution in [-0.2, 0) is 0 Å². The standard InChI is InChI=1S/C17H22/c1-13-9-5-6-11-15(13)16-14(2)10-7-8-12-17(16,3)4/h7-12H,5-6H2,1-4H3. The molecule has 0 saturated carbocycles. The van der Waals surface area contributed by atoms with Crippen LogP contribution < -0.4 is 0 Å². The average Bonchev–Trinajstić information content (AvgIpc) is 2.39. The number of hydrogen-bond donors (Lipinski definition) is 0. The average molecular weight is 226 g/mol. The van der Waals surface area contributed by atoms with Crippen LogP contribution in [0.25, 0.3) is 0 Å². The minimum absolute atomic E-state index is 0.117. The largest absolute Gasteiger partial charge is 0.0807 e. The summed E-state index contributed by atoms with van der Waals surface area (Å²) in [5, 5.41) is 0. The molecule has 0 bridgehead atoms. The summed E-state index contributed by atoms with van der Waals surface area (Å²) in [6.45, 7) is 9.07. The topological polar surface area (TPSA) is 0 Å². The van der Waals surface area contributed by atoms with Gasteiger partial charge < -0.3 is 0 Å². The molecule has 0 aromatic rings. The molecule has 0 radical (unpaired) electrons. The van der Waals surface area contributed by atoms with Gasteiger partial charge in [-0.3, -0.25) is 0 Å². The Balaban J connectivity index is 2.55. The molecule has 0 amide bonds. The van der Waals surface area contributed by atoms with E-state index < -0.39 is 0 Å². The van der Waals surface area contributed by atoms with Gasteiger partial charge in [0, 0.05) is 5.41 Å². The quantitative estimate of drug-likeness (QED) is 0.582. The second-order valence-corrected chi connectivity index (χ2v) is 5.58. The molecule has 2 rings (SSSR count). The van der Waals surface area contributed by atoms with Gasteiger partial charge in [-0.25, -0.2) is 0 Å². The Morgan fingerprint density at radius 1 is 1.00 bits per heavy atom. The first kappa shape index (κ1) is 12.2. The summed E-state index contributed by atoms with van der Waals surface area (Å²) in [6, 6.07) is 0. The van der Waals surface area contributed by atoms with Gasteiger partial charge in [0.05, 0.1) is 0 Å². The first-order valence-electron chi connectivity index (χ1n) is 6.47. The van der Waals surface area contributed by atoms with Crippen molar-refractivity contribution in [1.82, 2.24) is 0 Å². The van der Waals surface area contributed by atoms with Crippen molar-refractivity contribution >= 4 is 0 Å². The molecule has 90 valence electrons. The van der Waals surface area contributed by atoms with Crippen molar-refractivity contribution in [3.63, 3.8) is 0 Å². The predicted molar refractivity (Wildman–Crippen MR) is 75.8 cm³/mol. The molecule has 2 aliphatic carbocycles. The minimum atomic E-state index is 0.117. The van der Waals surface area contributed by atoms with Crippen LogP contribution in [-0.4, -0.2) is 0 Å². The van der Waals surface area contributed by atoms with Crippen LogP contribution in [0.5, 0.6) is 0 Å². The van der Waals surface area contributed by atoms with Gasteiger partial charge in [-0.2, -0.15) is 0 Å². The van der Waals surface area contributed by atoms with Crippen molar-refractivity contribution < 1.29 is 0 Å². The highest BCUT2D eigenvalue weighted by Crippen LogP contribution is 2.41. The predicted octanol–water partition coefficient (Wildman–Crippen LogP) is 5.12. The maximum absolute atomic E-state index is 2.41. The summed E-state index contributed by atoms with van der Waals surface area (Å²) < 4.78 is 0. The third-order valence-electron chi connectivity index (χ3n) is 3.67. The molecule has 0 heteroatoms. The summed E-state index contributed by atoms with van der Waals surface area (Å²) in [7, 11) is 0. The van der Waals surface area contributed by atoms with Crippen molar-refractivity contribution in [1.29, 1.82) is 0 Å². The normalized spacial score (nSPS) is 23.3. The van der Waals surface area contributed by atoms with E-state index >= 15 is 0 Å². The Morgan fingerprint density at radius 3 is 2.41 bits per heavy atom. The lowest BCUT2D eigenvalue weighted by molar-refractivity contribution is 0.583. The van der Waals surface area contributed by atoms with Gasteiger partial charge in [0.15, 0.2) is 0 Å². The van der Waals surface area contributed by atoms with Crippen molar-refractivity contribution in [2.24, 2.45) is 5.41 Å². The van der Waals surface area contributed by atoms with Gasteiger partial charge in [-0.05, 0) is 49.0 Å². The van der Waals surface area contributed by atoms with E-state index in [4.69, 9.17) is 0 Å². The third kappa shape index (κ3) is 2.36. The summed E-state index contributed by atoms with van der Waals surface area (Å²) >= 11 is 0. The van der Waals surface area contributed by atoms with Gasteiger partial charge in [-0.15, -0.1) is 0 Å². The lowest BCUT2D eigenvalue weighted by atomic mass is 9.74. The smallest absolute Gasteiger partial charge is 0.00869 e. The lowest BCUT2D eigenvalue weighted by Crippen LogP contribution is -2.16. The SMILES string of the molecule is CC1=CCCC=C1C1=C(C)C=CC=CC1(C)C. The highest BCUT2D eigenvalue weighted by atomic mass is 14.3. The van der Waals surface area contributed by atoms with E-state index in [1.807, 2.05) is 0 Å². The molecule has 2 aliphatic rings. The monoisotopic (exact) mass is 226 g/mol. The maximum Gasteiger partial charge on any atom is 0.00869 e. The molecule has 0 heterocycles. The Bertz CT molecular complexity index is 462. The highest BCUT2D eigenvalue weighted by molar-refractivity contribution is 5.56. The molecule has 0 unspecified atom stereocenters. The molecule has 0 fully saturated rings. The minimum Gasteiger partial charge on any atom is -0.0807 e. The Morgan fingerprint density at radius 2 is 1.71 bits per heavy atom. The second kappa shape index (κ2) is 4.52. The van der Waals surface area contributed by atoms with E-state index in [-0.39, 0.29) is 5.41 Å². The van der Waals surface area contributed by atoms with E-state index in [0.717, 1.165) is 0 Å². The number of hydrogen-bond acceptors (Lipinski definition) is 0. The fraction of sp³-hybridized carbons (Fsp3) is 0.412. The zero-order valence-corrected chi connectivity index (χ0v) is 11.4. The molecule has 0 nitrogen and oxygen atoms in total. The molecular weight excluding hydrogens is 204 g/mol. The van der Waals surface area contributed by atoms with Crippen LogP contribution in [0.3, 0.4) is 0 Å². The zero-order chi connectivity index (χ0) is 12.5. The fourth-order valence-electron chi connectivity index (χ4n) is 2.83. The molecule has 0 atom stereocenters. The fourth-order valence-corrected chi connectivity index (χ4v) is 2.83. The molecular formula is C17H22. The first-order valence-corrected chi connectivity index (χ1v) is 6.47. The van der Waals surface area contributed by atoms with Crippen molar-refractivity contribution in [2.75, 3.05) is 0 Å². The van der Waals surface area contributed by atoms with Gasteiger partial charge in [-0.1, -0.05) is 50.3 Å². The Labute approximate surface area is 105 Å². The van der Waals surface area contributed by atoms with Gasteiger partial charge in [0.1, 0.15) is 0 Å². The van der Waals surface area contributed by atoms with Crippen molar-refractivity contribution in [3.8, 4) is 0 Å². The van der Waals surface area contributed by atoms with Gasteiger partial charge in [0.2, 0.25) is 0 Å². The van der Waals surface area contributed by atoms with Crippen LogP contribution in [0.2, 0.25) is 0 Å². The van der Waals surface area contributed by atoms with E-state index in [1.165, 1.54) is 35.1 Å². The lowest BCUT2D eigenvalue weighted by Gasteiger charge is -2.30. The Kier molecular flexibility index (Phi) is 3.24. The van der Waals surface area contributed by atoms with E-state index in [2.05, 4.69) is 64.2 Å². The van der Waals surface area contributed by atoms with Crippen LogP contribution >= 0.6 is 0 Å². The van der Waals surface area contributed by atoms with Crippen LogP contribution in [0.15, 0.2) is 58.7 Å². The molecule has 0 aromatic carbocycles. The Hall–Kier alpha value is -1.30. The molecule has 0 N–H and O–H groups in total. The molecule has 17 heavy (non-hydrogen) atoms. The van der Waals surface area contributed by atoms with Crippen LogP contribution in [0.4, 0.5) is 0 Å². The van der Waals surface area contributed by atoms with Gasteiger partial charge >= 0.3 is 0 Å². The summed E-state index contributed by atoms with van der Waals surface area (Å²) in [5.41, 5.74) is 5.88. The van der Waals surface area contributed by atoms with Crippen molar-refractivity contribution in [3.05, 3.63) is 58.7 Å². The number of allylic oxidation sites excluding steroid dienone is 10. The van der Waals surface area contributed by atoms with Crippen molar-refractivity contribution in [2.45, 2.75) is 40.5 Å². The van der Waals surface area contributed by atoms with Crippen LogP contribution in [0, 0.1) is 5.41 Å². The summed E-state index contributed by atoms with van der Waals surface area (Å²) in [5.74, 6) is 0.